The van der Waals surface area contributed by atoms with Gasteiger partial charge in [0, 0.05) is 24.3 Å². The van der Waals surface area contributed by atoms with E-state index in [0.717, 1.165) is 5.56 Å². The summed E-state index contributed by atoms with van der Waals surface area (Å²) in [5.41, 5.74) is 2.01. The van der Waals surface area contributed by atoms with E-state index in [1.807, 2.05) is 12.1 Å². The molecule has 2 aromatic rings. The number of rotatable bonds is 5. The van der Waals surface area contributed by atoms with Crippen LogP contribution in [-0.4, -0.2) is 44.9 Å². The number of carbonyl (C=O) groups excluding carboxylic acids is 1. The fourth-order valence-electron chi connectivity index (χ4n) is 2.93. The normalized spacial score (nSPS) is 15.6. The van der Waals surface area contributed by atoms with E-state index in [1.165, 1.54) is 16.4 Å². The first kappa shape index (κ1) is 20.8. The molecule has 6 nitrogen and oxygen atoms in total. The average Bonchev–Trinajstić information content (AvgIpc) is 2.70. The molecule has 0 atom stereocenters. The second-order valence-electron chi connectivity index (χ2n) is 6.89. The lowest BCUT2D eigenvalue weighted by molar-refractivity contribution is 0.0730. The van der Waals surface area contributed by atoms with Crippen LogP contribution in [0.2, 0.25) is 5.02 Å². The molecule has 28 heavy (non-hydrogen) atoms. The van der Waals surface area contributed by atoms with Gasteiger partial charge in [0.1, 0.15) is 4.90 Å². The van der Waals surface area contributed by atoms with Gasteiger partial charge in [-0.25, -0.2) is 8.42 Å². The number of benzene rings is 2. The number of hydrogen-bond donors (Lipinski definition) is 1. The van der Waals surface area contributed by atoms with Gasteiger partial charge < -0.3 is 10.1 Å². The average molecular weight is 423 g/mol. The van der Waals surface area contributed by atoms with Crippen molar-refractivity contribution in [1.29, 1.82) is 0 Å². The molecule has 1 heterocycles. The van der Waals surface area contributed by atoms with Crippen LogP contribution < -0.4 is 5.32 Å². The number of anilines is 1. The summed E-state index contributed by atoms with van der Waals surface area (Å²) in [5.74, 6) is 0.0636. The molecule has 1 saturated heterocycles. The van der Waals surface area contributed by atoms with Gasteiger partial charge >= 0.3 is 0 Å². The van der Waals surface area contributed by atoms with E-state index < -0.39 is 10.0 Å². The van der Waals surface area contributed by atoms with Crippen molar-refractivity contribution in [3.8, 4) is 0 Å². The monoisotopic (exact) mass is 422 g/mol. The summed E-state index contributed by atoms with van der Waals surface area (Å²) in [6.45, 7) is 5.41. The Hall–Kier alpha value is -1.93. The number of morpholine rings is 1. The summed E-state index contributed by atoms with van der Waals surface area (Å²) in [6.07, 6.45) is 0. The Balaban J connectivity index is 1.82. The molecule has 2 aromatic carbocycles. The molecule has 1 N–H and O–H groups in total. The minimum atomic E-state index is -3.76. The van der Waals surface area contributed by atoms with Crippen LogP contribution in [0.1, 0.15) is 35.7 Å². The molecule has 0 aromatic heterocycles. The molecular weight excluding hydrogens is 400 g/mol. The van der Waals surface area contributed by atoms with Crippen LogP contribution in [0.4, 0.5) is 5.69 Å². The number of carbonyl (C=O) groups is 1. The van der Waals surface area contributed by atoms with Gasteiger partial charge in [0.25, 0.3) is 5.91 Å². The third-order valence-corrected chi connectivity index (χ3v) is 7.00. The Kier molecular flexibility index (Phi) is 6.40. The molecule has 0 saturated carbocycles. The van der Waals surface area contributed by atoms with Crippen molar-refractivity contribution in [2.24, 2.45) is 0 Å². The highest BCUT2D eigenvalue weighted by atomic mass is 35.5. The number of halogens is 1. The second-order valence-corrected chi connectivity index (χ2v) is 9.21. The van der Waals surface area contributed by atoms with Crippen LogP contribution in [0.5, 0.6) is 0 Å². The van der Waals surface area contributed by atoms with Crippen LogP contribution in [0.15, 0.2) is 47.4 Å². The van der Waals surface area contributed by atoms with Crippen molar-refractivity contribution in [2.75, 3.05) is 31.6 Å². The Morgan fingerprint density at radius 3 is 2.36 bits per heavy atom. The minimum Gasteiger partial charge on any atom is -0.379 e. The van der Waals surface area contributed by atoms with E-state index >= 15 is 0 Å². The molecule has 1 aliphatic rings. The SMILES string of the molecule is CC(C)c1ccc(C(=O)Nc2ccc(Cl)c(S(=O)(=O)N3CCOCC3)c2)cc1. The van der Waals surface area contributed by atoms with Gasteiger partial charge in [0.2, 0.25) is 10.0 Å². The Morgan fingerprint density at radius 2 is 1.75 bits per heavy atom. The van der Waals surface area contributed by atoms with Crippen molar-refractivity contribution < 1.29 is 17.9 Å². The van der Waals surface area contributed by atoms with Crippen LogP contribution in [-0.2, 0) is 14.8 Å². The molecule has 0 radical (unpaired) electrons. The molecule has 0 bridgehead atoms. The number of ether oxygens (including phenoxy) is 1. The van der Waals surface area contributed by atoms with Crippen molar-refractivity contribution >= 4 is 33.2 Å². The molecular formula is C20H23ClN2O4S. The highest BCUT2D eigenvalue weighted by Crippen LogP contribution is 2.28. The lowest BCUT2D eigenvalue weighted by atomic mass is 10.0. The first-order valence-corrected chi connectivity index (χ1v) is 10.9. The van der Waals surface area contributed by atoms with Gasteiger partial charge in [-0.2, -0.15) is 4.31 Å². The van der Waals surface area contributed by atoms with Crippen molar-refractivity contribution in [1.82, 2.24) is 4.31 Å². The zero-order valence-electron chi connectivity index (χ0n) is 15.8. The zero-order chi connectivity index (χ0) is 20.3. The topological polar surface area (TPSA) is 75.7 Å². The summed E-state index contributed by atoms with van der Waals surface area (Å²) in [5, 5.41) is 2.86. The molecule has 1 fully saturated rings. The van der Waals surface area contributed by atoms with Gasteiger partial charge in [0.15, 0.2) is 0 Å². The summed E-state index contributed by atoms with van der Waals surface area (Å²) in [7, 11) is -3.76. The smallest absolute Gasteiger partial charge is 0.255 e. The summed E-state index contributed by atoms with van der Waals surface area (Å²) >= 11 is 6.15. The minimum absolute atomic E-state index is 0.0241. The summed E-state index contributed by atoms with van der Waals surface area (Å²) < 4.78 is 32.3. The van der Waals surface area contributed by atoms with Crippen molar-refractivity contribution in [3.63, 3.8) is 0 Å². The quantitative estimate of drug-likeness (QED) is 0.796. The number of hydrogen-bond acceptors (Lipinski definition) is 4. The summed E-state index contributed by atoms with van der Waals surface area (Å²) in [6, 6.07) is 11.8. The highest BCUT2D eigenvalue weighted by molar-refractivity contribution is 7.89. The number of nitrogens with zero attached hydrogens (tertiary/aromatic N) is 1. The summed E-state index contributed by atoms with van der Waals surface area (Å²) in [4.78, 5) is 12.5. The highest BCUT2D eigenvalue weighted by Gasteiger charge is 2.28. The number of amides is 1. The Labute approximate surface area is 170 Å². The Morgan fingerprint density at radius 1 is 1.11 bits per heavy atom. The van der Waals surface area contributed by atoms with E-state index in [0.29, 0.717) is 30.4 Å². The molecule has 1 amide bonds. The first-order valence-electron chi connectivity index (χ1n) is 9.08. The van der Waals surface area contributed by atoms with Gasteiger partial charge in [0.05, 0.1) is 18.2 Å². The fourth-order valence-corrected chi connectivity index (χ4v) is 4.84. The molecule has 0 aliphatic carbocycles. The maximum atomic E-state index is 12.9. The predicted octanol–water partition coefficient (Wildman–Crippen LogP) is 3.74. The van der Waals surface area contributed by atoms with E-state index in [4.69, 9.17) is 16.3 Å². The first-order chi connectivity index (χ1) is 13.3. The van der Waals surface area contributed by atoms with E-state index in [9.17, 15) is 13.2 Å². The van der Waals surface area contributed by atoms with Crippen molar-refractivity contribution in [3.05, 3.63) is 58.6 Å². The largest absolute Gasteiger partial charge is 0.379 e. The number of nitrogens with one attached hydrogen (secondary N) is 1. The molecule has 0 spiro atoms. The van der Waals surface area contributed by atoms with Crippen LogP contribution in [0.25, 0.3) is 0 Å². The third-order valence-electron chi connectivity index (χ3n) is 4.62. The maximum absolute atomic E-state index is 12.9. The van der Waals surface area contributed by atoms with Crippen LogP contribution >= 0.6 is 11.6 Å². The Bertz CT molecular complexity index is 953. The van der Waals surface area contributed by atoms with E-state index in [-0.39, 0.29) is 28.9 Å². The van der Waals surface area contributed by atoms with Crippen LogP contribution in [0.3, 0.4) is 0 Å². The lowest BCUT2D eigenvalue weighted by Gasteiger charge is -2.26. The molecule has 8 heteroatoms. The fraction of sp³-hybridized carbons (Fsp3) is 0.350. The number of sulfonamides is 1. The molecule has 150 valence electrons. The maximum Gasteiger partial charge on any atom is 0.255 e. The van der Waals surface area contributed by atoms with Gasteiger partial charge in [-0.1, -0.05) is 37.6 Å². The molecule has 0 unspecified atom stereocenters. The van der Waals surface area contributed by atoms with Gasteiger partial charge in [-0.15, -0.1) is 0 Å². The zero-order valence-corrected chi connectivity index (χ0v) is 17.4. The second kappa shape index (κ2) is 8.61. The third kappa shape index (κ3) is 4.55. The van der Waals surface area contributed by atoms with Crippen molar-refractivity contribution in [2.45, 2.75) is 24.7 Å². The predicted molar refractivity (Wildman–Crippen MR) is 110 cm³/mol. The lowest BCUT2D eigenvalue weighted by Crippen LogP contribution is -2.40. The van der Waals surface area contributed by atoms with E-state index in [2.05, 4.69) is 19.2 Å². The van der Waals surface area contributed by atoms with Gasteiger partial charge in [-0.3, -0.25) is 4.79 Å². The standard InChI is InChI=1S/C20H23ClN2O4S/c1-14(2)15-3-5-16(6-4-15)20(24)22-17-7-8-18(21)19(13-17)28(25,26)23-9-11-27-12-10-23/h3-8,13-14H,9-12H2,1-2H3,(H,22,24). The molecule has 1 aliphatic heterocycles. The van der Waals surface area contributed by atoms with E-state index in [1.54, 1.807) is 18.2 Å². The van der Waals surface area contributed by atoms with Crippen LogP contribution in [0, 0.1) is 0 Å². The molecule has 3 rings (SSSR count). The van der Waals surface area contributed by atoms with Gasteiger partial charge in [-0.05, 0) is 41.8 Å².